The molecule has 1 unspecified atom stereocenters. The standard InChI is InChI=1S/C15H22N2O2/c1-15(2)8-11(9-19-15)5-6-17-10-16-13(7-14(17)18)12-3-4-12/h7,10-12H,3-6,8-9H2,1-2H3. The molecule has 1 atom stereocenters. The van der Waals surface area contributed by atoms with Crippen LogP contribution >= 0.6 is 0 Å². The third-order valence-corrected chi connectivity index (χ3v) is 4.16. The fraction of sp³-hybridized carbons (Fsp3) is 0.733. The average Bonchev–Trinajstić information content (AvgIpc) is 3.13. The second kappa shape index (κ2) is 4.75. The largest absolute Gasteiger partial charge is 0.375 e. The highest BCUT2D eigenvalue weighted by molar-refractivity contribution is 5.12. The first kappa shape index (κ1) is 12.9. The van der Waals surface area contributed by atoms with E-state index in [-0.39, 0.29) is 11.2 Å². The van der Waals surface area contributed by atoms with Gasteiger partial charge in [-0.05, 0) is 45.4 Å². The van der Waals surface area contributed by atoms with Crippen LogP contribution in [0, 0.1) is 5.92 Å². The maximum absolute atomic E-state index is 12.0. The van der Waals surface area contributed by atoms with Gasteiger partial charge in [0.25, 0.3) is 5.56 Å². The van der Waals surface area contributed by atoms with Crippen molar-refractivity contribution in [3.63, 3.8) is 0 Å². The SMILES string of the molecule is CC1(C)CC(CCn2cnc(C3CC3)cc2=O)CO1. The lowest BCUT2D eigenvalue weighted by Gasteiger charge is -2.15. The Bertz CT molecular complexity index is 517. The van der Waals surface area contributed by atoms with Crippen LogP contribution in [0.25, 0.3) is 0 Å². The van der Waals surface area contributed by atoms with Crippen molar-refractivity contribution in [1.29, 1.82) is 0 Å². The Kier molecular flexibility index (Phi) is 3.21. The number of hydrogen-bond donors (Lipinski definition) is 0. The second-order valence-corrected chi connectivity index (χ2v) is 6.55. The number of aryl methyl sites for hydroxylation is 1. The van der Waals surface area contributed by atoms with Crippen LogP contribution in [0.4, 0.5) is 0 Å². The number of rotatable bonds is 4. The van der Waals surface area contributed by atoms with Gasteiger partial charge in [-0.3, -0.25) is 9.36 Å². The van der Waals surface area contributed by atoms with Crippen LogP contribution in [0.5, 0.6) is 0 Å². The summed E-state index contributed by atoms with van der Waals surface area (Å²) < 4.78 is 7.46. The van der Waals surface area contributed by atoms with Gasteiger partial charge >= 0.3 is 0 Å². The molecule has 0 bridgehead atoms. The number of aromatic nitrogens is 2. The summed E-state index contributed by atoms with van der Waals surface area (Å²) in [4.78, 5) is 16.4. The van der Waals surface area contributed by atoms with E-state index in [9.17, 15) is 4.79 Å². The van der Waals surface area contributed by atoms with Crippen molar-refractivity contribution in [2.75, 3.05) is 6.61 Å². The van der Waals surface area contributed by atoms with E-state index >= 15 is 0 Å². The molecule has 1 aromatic heterocycles. The molecule has 2 fully saturated rings. The van der Waals surface area contributed by atoms with Crippen molar-refractivity contribution in [1.82, 2.24) is 9.55 Å². The van der Waals surface area contributed by atoms with Gasteiger partial charge in [-0.2, -0.15) is 0 Å². The zero-order valence-electron chi connectivity index (χ0n) is 11.8. The number of ether oxygens (including phenoxy) is 1. The topological polar surface area (TPSA) is 44.1 Å². The zero-order chi connectivity index (χ0) is 13.5. The van der Waals surface area contributed by atoms with E-state index in [1.165, 1.54) is 12.8 Å². The molecule has 2 heterocycles. The molecule has 0 radical (unpaired) electrons. The summed E-state index contributed by atoms with van der Waals surface area (Å²) in [7, 11) is 0. The molecule has 0 aromatic carbocycles. The fourth-order valence-corrected chi connectivity index (χ4v) is 2.87. The van der Waals surface area contributed by atoms with Crippen LogP contribution in [0.3, 0.4) is 0 Å². The van der Waals surface area contributed by atoms with Crippen LogP contribution in [0.2, 0.25) is 0 Å². The molecule has 104 valence electrons. The molecule has 0 amide bonds. The molecule has 0 spiro atoms. The van der Waals surface area contributed by atoms with E-state index in [0.29, 0.717) is 11.8 Å². The number of nitrogens with zero attached hydrogens (tertiary/aromatic N) is 2. The van der Waals surface area contributed by atoms with Crippen LogP contribution < -0.4 is 5.56 Å². The molecule has 4 heteroatoms. The van der Waals surface area contributed by atoms with E-state index in [2.05, 4.69) is 18.8 Å². The molecule has 19 heavy (non-hydrogen) atoms. The number of hydrogen-bond acceptors (Lipinski definition) is 3. The highest BCUT2D eigenvalue weighted by Gasteiger charge is 2.31. The Hall–Kier alpha value is -1.16. The van der Waals surface area contributed by atoms with Gasteiger partial charge in [0.2, 0.25) is 0 Å². The zero-order valence-corrected chi connectivity index (χ0v) is 11.8. The summed E-state index contributed by atoms with van der Waals surface area (Å²) in [6, 6.07) is 1.72. The Morgan fingerprint density at radius 2 is 2.26 bits per heavy atom. The predicted molar refractivity (Wildman–Crippen MR) is 73.2 cm³/mol. The van der Waals surface area contributed by atoms with Crippen LogP contribution in [0.1, 0.15) is 51.1 Å². The summed E-state index contributed by atoms with van der Waals surface area (Å²) >= 11 is 0. The first-order valence-corrected chi connectivity index (χ1v) is 7.24. The Balaban J connectivity index is 1.59. The summed E-state index contributed by atoms with van der Waals surface area (Å²) in [5, 5.41) is 0. The quantitative estimate of drug-likeness (QED) is 0.836. The van der Waals surface area contributed by atoms with E-state index in [1.807, 2.05) is 0 Å². The lowest BCUT2D eigenvalue weighted by Crippen LogP contribution is -2.22. The van der Waals surface area contributed by atoms with Crippen molar-refractivity contribution in [2.45, 2.75) is 57.6 Å². The highest BCUT2D eigenvalue weighted by Crippen LogP contribution is 2.38. The molecule has 3 rings (SSSR count). The van der Waals surface area contributed by atoms with Crippen molar-refractivity contribution in [2.24, 2.45) is 5.92 Å². The van der Waals surface area contributed by atoms with E-state index in [1.54, 1.807) is 17.0 Å². The first-order valence-electron chi connectivity index (χ1n) is 7.24. The lowest BCUT2D eigenvalue weighted by molar-refractivity contribution is 0.0348. The maximum atomic E-state index is 12.0. The Morgan fingerprint density at radius 1 is 1.47 bits per heavy atom. The molecular formula is C15H22N2O2. The lowest BCUT2D eigenvalue weighted by atomic mass is 9.95. The summed E-state index contributed by atoms with van der Waals surface area (Å²) in [6.45, 7) is 5.83. The average molecular weight is 262 g/mol. The molecule has 0 N–H and O–H groups in total. The second-order valence-electron chi connectivity index (χ2n) is 6.55. The Morgan fingerprint density at radius 3 is 2.84 bits per heavy atom. The predicted octanol–water partition coefficient (Wildman–Crippen LogP) is 2.33. The van der Waals surface area contributed by atoms with Gasteiger partial charge in [0.1, 0.15) is 0 Å². The normalized spacial score (nSPS) is 25.7. The van der Waals surface area contributed by atoms with Gasteiger partial charge in [-0.1, -0.05) is 0 Å². The molecule has 1 saturated carbocycles. The third-order valence-electron chi connectivity index (χ3n) is 4.16. The molecule has 1 aromatic rings. The van der Waals surface area contributed by atoms with Gasteiger partial charge in [-0.15, -0.1) is 0 Å². The molecule has 1 aliphatic heterocycles. The maximum Gasteiger partial charge on any atom is 0.253 e. The molecular weight excluding hydrogens is 240 g/mol. The van der Waals surface area contributed by atoms with Gasteiger partial charge < -0.3 is 4.74 Å². The van der Waals surface area contributed by atoms with E-state index < -0.39 is 0 Å². The molecule has 2 aliphatic rings. The Labute approximate surface area is 113 Å². The smallest absolute Gasteiger partial charge is 0.253 e. The monoisotopic (exact) mass is 262 g/mol. The van der Waals surface area contributed by atoms with Crippen LogP contribution in [-0.4, -0.2) is 21.8 Å². The van der Waals surface area contributed by atoms with Crippen molar-refractivity contribution < 1.29 is 4.74 Å². The summed E-state index contributed by atoms with van der Waals surface area (Å²) in [5.74, 6) is 1.11. The van der Waals surface area contributed by atoms with Crippen LogP contribution in [-0.2, 0) is 11.3 Å². The van der Waals surface area contributed by atoms with Crippen molar-refractivity contribution in [3.05, 3.63) is 28.4 Å². The fourth-order valence-electron chi connectivity index (χ4n) is 2.87. The van der Waals surface area contributed by atoms with Crippen LogP contribution in [0.15, 0.2) is 17.2 Å². The van der Waals surface area contributed by atoms with Gasteiger partial charge in [0.05, 0.1) is 24.2 Å². The van der Waals surface area contributed by atoms with Crippen molar-refractivity contribution >= 4 is 0 Å². The minimum Gasteiger partial charge on any atom is -0.375 e. The molecule has 4 nitrogen and oxygen atoms in total. The minimum absolute atomic E-state index is 0.00368. The van der Waals surface area contributed by atoms with Gasteiger partial charge in [0, 0.05) is 18.5 Å². The molecule has 1 saturated heterocycles. The van der Waals surface area contributed by atoms with Crippen molar-refractivity contribution in [3.8, 4) is 0 Å². The summed E-state index contributed by atoms with van der Waals surface area (Å²) in [6.07, 6.45) is 6.16. The summed E-state index contributed by atoms with van der Waals surface area (Å²) in [5.41, 5.74) is 1.07. The van der Waals surface area contributed by atoms with E-state index in [0.717, 1.165) is 31.7 Å². The van der Waals surface area contributed by atoms with Gasteiger partial charge in [-0.25, -0.2) is 4.98 Å². The minimum atomic E-state index is 0.00368. The van der Waals surface area contributed by atoms with E-state index in [4.69, 9.17) is 4.74 Å². The third kappa shape index (κ3) is 3.06. The highest BCUT2D eigenvalue weighted by atomic mass is 16.5. The first-order chi connectivity index (χ1) is 9.03. The molecule has 1 aliphatic carbocycles. The van der Waals surface area contributed by atoms with Gasteiger partial charge in [0.15, 0.2) is 0 Å².